The van der Waals surface area contributed by atoms with Crippen molar-refractivity contribution in [3.63, 3.8) is 0 Å². The molecule has 2 heterocycles. The van der Waals surface area contributed by atoms with Crippen LogP contribution < -0.4 is 10.6 Å². The summed E-state index contributed by atoms with van der Waals surface area (Å²) >= 11 is 3.59. The number of nitrogens with zero attached hydrogens (tertiary/aromatic N) is 2. The fraction of sp³-hybridized carbons (Fsp3) is 0.308. The standard InChI is InChI=1S/C13H14BrN3O/c14-9-4-3-5-11(17-6-1-2-7-17)13(9)10-8-12(15)18-16-10/h3-5,8H,1-2,6-7,15H2. The topological polar surface area (TPSA) is 55.3 Å². The third-order valence-corrected chi connectivity index (χ3v) is 3.88. The highest BCUT2D eigenvalue weighted by Crippen LogP contribution is 2.38. The Morgan fingerprint density at radius 2 is 2.06 bits per heavy atom. The number of nitrogens with two attached hydrogens (primary N) is 1. The summed E-state index contributed by atoms with van der Waals surface area (Å²) in [6.07, 6.45) is 2.49. The highest BCUT2D eigenvalue weighted by atomic mass is 79.9. The van der Waals surface area contributed by atoms with Crippen LogP contribution in [0.25, 0.3) is 11.3 Å². The lowest BCUT2D eigenvalue weighted by atomic mass is 10.1. The summed E-state index contributed by atoms with van der Waals surface area (Å²) in [5.74, 6) is 0.341. The molecule has 0 radical (unpaired) electrons. The summed E-state index contributed by atoms with van der Waals surface area (Å²) in [6.45, 7) is 2.19. The Morgan fingerprint density at radius 3 is 2.72 bits per heavy atom. The molecule has 2 aromatic rings. The van der Waals surface area contributed by atoms with Crippen molar-refractivity contribution in [2.45, 2.75) is 12.8 Å². The Bertz CT molecular complexity index is 561. The Labute approximate surface area is 114 Å². The van der Waals surface area contributed by atoms with Gasteiger partial charge in [-0.15, -0.1) is 0 Å². The number of hydrogen-bond acceptors (Lipinski definition) is 4. The molecule has 1 saturated heterocycles. The zero-order chi connectivity index (χ0) is 12.5. The van der Waals surface area contributed by atoms with Crippen LogP contribution in [-0.4, -0.2) is 18.2 Å². The number of halogens is 1. The van der Waals surface area contributed by atoms with E-state index >= 15 is 0 Å². The van der Waals surface area contributed by atoms with Crippen LogP contribution in [0.5, 0.6) is 0 Å². The summed E-state index contributed by atoms with van der Waals surface area (Å²) in [5, 5.41) is 4.02. The normalized spacial score (nSPS) is 15.3. The zero-order valence-corrected chi connectivity index (χ0v) is 11.5. The van der Waals surface area contributed by atoms with Gasteiger partial charge in [-0.2, -0.15) is 0 Å². The maximum absolute atomic E-state index is 5.61. The van der Waals surface area contributed by atoms with Crippen molar-refractivity contribution in [3.05, 3.63) is 28.7 Å². The van der Waals surface area contributed by atoms with Gasteiger partial charge in [-0.3, -0.25) is 0 Å². The van der Waals surface area contributed by atoms with Gasteiger partial charge in [0, 0.05) is 34.9 Å². The fourth-order valence-electron chi connectivity index (χ4n) is 2.40. The summed E-state index contributed by atoms with van der Waals surface area (Å²) in [7, 11) is 0. The molecule has 18 heavy (non-hydrogen) atoms. The number of anilines is 2. The first kappa shape index (κ1) is 11.6. The van der Waals surface area contributed by atoms with Crippen LogP contribution in [0.15, 0.2) is 33.3 Å². The minimum absolute atomic E-state index is 0.341. The maximum atomic E-state index is 5.61. The van der Waals surface area contributed by atoms with Crippen LogP contribution >= 0.6 is 15.9 Å². The molecule has 1 fully saturated rings. The molecular formula is C13H14BrN3O. The van der Waals surface area contributed by atoms with Gasteiger partial charge < -0.3 is 15.2 Å². The average Bonchev–Trinajstić information content (AvgIpc) is 2.99. The summed E-state index contributed by atoms with van der Waals surface area (Å²) < 4.78 is 5.99. The zero-order valence-electron chi connectivity index (χ0n) is 9.90. The monoisotopic (exact) mass is 307 g/mol. The molecule has 3 rings (SSSR count). The van der Waals surface area contributed by atoms with Gasteiger partial charge in [0.05, 0.1) is 0 Å². The third kappa shape index (κ3) is 1.99. The molecule has 0 saturated carbocycles. The summed E-state index contributed by atoms with van der Waals surface area (Å²) in [6, 6.07) is 7.94. The SMILES string of the molecule is Nc1cc(-c2c(Br)cccc2N2CCCC2)no1. The first-order chi connectivity index (χ1) is 8.75. The lowest BCUT2D eigenvalue weighted by molar-refractivity contribution is 0.439. The van der Waals surface area contributed by atoms with Gasteiger partial charge in [-0.05, 0) is 25.0 Å². The number of rotatable bonds is 2. The van der Waals surface area contributed by atoms with E-state index in [9.17, 15) is 0 Å². The second-order valence-electron chi connectivity index (χ2n) is 4.44. The van der Waals surface area contributed by atoms with Crippen LogP contribution in [0.2, 0.25) is 0 Å². The van der Waals surface area contributed by atoms with Crippen LogP contribution in [0.1, 0.15) is 12.8 Å². The van der Waals surface area contributed by atoms with E-state index in [1.165, 1.54) is 18.5 Å². The van der Waals surface area contributed by atoms with Gasteiger partial charge in [-0.1, -0.05) is 27.2 Å². The van der Waals surface area contributed by atoms with E-state index in [0.29, 0.717) is 5.88 Å². The minimum atomic E-state index is 0.341. The molecule has 2 N–H and O–H groups in total. The van der Waals surface area contributed by atoms with E-state index in [2.05, 4.69) is 32.1 Å². The van der Waals surface area contributed by atoms with E-state index in [1.54, 1.807) is 6.07 Å². The predicted octanol–water partition coefficient (Wildman–Crippen LogP) is 3.29. The Hall–Kier alpha value is -1.49. The van der Waals surface area contributed by atoms with E-state index in [0.717, 1.165) is 28.8 Å². The van der Waals surface area contributed by atoms with Crippen molar-refractivity contribution in [1.29, 1.82) is 0 Å². The lowest BCUT2D eigenvalue weighted by Gasteiger charge is -2.21. The Balaban J connectivity index is 2.11. The van der Waals surface area contributed by atoms with Crippen molar-refractivity contribution < 1.29 is 4.52 Å². The maximum Gasteiger partial charge on any atom is 0.222 e. The van der Waals surface area contributed by atoms with Crippen LogP contribution in [0.3, 0.4) is 0 Å². The molecule has 0 amide bonds. The lowest BCUT2D eigenvalue weighted by Crippen LogP contribution is -2.18. The highest BCUT2D eigenvalue weighted by Gasteiger charge is 2.20. The van der Waals surface area contributed by atoms with Gasteiger partial charge in [0.15, 0.2) is 0 Å². The second kappa shape index (κ2) is 4.65. The van der Waals surface area contributed by atoms with Crippen molar-refractivity contribution in [3.8, 4) is 11.3 Å². The van der Waals surface area contributed by atoms with Crippen molar-refractivity contribution in [2.24, 2.45) is 0 Å². The molecule has 0 aliphatic carbocycles. The number of benzene rings is 1. The quantitative estimate of drug-likeness (QED) is 0.925. The molecule has 0 unspecified atom stereocenters. The summed E-state index contributed by atoms with van der Waals surface area (Å²) in [5.41, 5.74) is 8.64. The highest BCUT2D eigenvalue weighted by molar-refractivity contribution is 9.10. The predicted molar refractivity (Wildman–Crippen MR) is 75.5 cm³/mol. The van der Waals surface area contributed by atoms with Gasteiger partial charge in [0.1, 0.15) is 5.69 Å². The molecule has 94 valence electrons. The molecule has 0 atom stereocenters. The van der Waals surface area contributed by atoms with Crippen molar-refractivity contribution in [1.82, 2.24) is 5.16 Å². The summed E-state index contributed by atoms with van der Waals surface area (Å²) in [4.78, 5) is 2.38. The average molecular weight is 308 g/mol. The van der Waals surface area contributed by atoms with Crippen molar-refractivity contribution >= 4 is 27.5 Å². The minimum Gasteiger partial charge on any atom is -0.371 e. The second-order valence-corrected chi connectivity index (χ2v) is 5.30. The van der Waals surface area contributed by atoms with E-state index in [4.69, 9.17) is 10.3 Å². The molecule has 5 heteroatoms. The van der Waals surface area contributed by atoms with Crippen LogP contribution in [0, 0.1) is 0 Å². The molecule has 4 nitrogen and oxygen atoms in total. The van der Waals surface area contributed by atoms with Crippen molar-refractivity contribution in [2.75, 3.05) is 23.7 Å². The first-order valence-corrected chi connectivity index (χ1v) is 6.81. The van der Waals surface area contributed by atoms with Gasteiger partial charge in [-0.25, -0.2) is 0 Å². The molecule has 1 aromatic heterocycles. The largest absolute Gasteiger partial charge is 0.371 e. The molecule has 0 bridgehead atoms. The molecule has 1 aromatic carbocycles. The van der Waals surface area contributed by atoms with Crippen LogP contribution in [0.4, 0.5) is 11.6 Å². The molecular weight excluding hydrogens is 294 g/mol. The molecule has 0 spiro atoms. The molecule has 1 aliphatic heterocycles. The van der Waals surface area contributed by atoms with E-state index in [-0.39, 0.29) is 0 Å². The first-order valence-electron chi connectivity index (χ1n) is 6.02. The van der Waals surface area contributed by atoms with Gasteiger partial charge >= 0.3 is 0 Å². The Morgan fingerprint density at radius 1 is 1.28 bits per heavy atom. The third-order valence-electron chi connectivity index (χ3n) is 3.22. The van der Waals surface area contributed by atoms with Gasteiger partial charge in [0.25, 0.3) is 0 Å². The number of hydrogen-bond donors (Lipinski definition) is 1. The van der Waals surface area contributed by atoms with Gasteiger partial charge in [0.2, 0.25) is 5.88 Å². The Kier molecular flexibility index (Phi) is 2.99. The number of nitrogen functional groups attached to an aromatic ring is 1. The van der Waals surface area contributed by atoms with E-state index in [1.807, 2.05) is 12.1 Å². The van der Waals surface area contributed by atoms with E-state index < -0.39 is 0 Å². The van der Waals surface area contributed by atoms with Crippen LogP contribution in [-0.2, 0) is 0 Å². The fourth-order valence-corrected chi connectivity index (χ4v) is 2.95. The number of aromatic nitrogens is 1. The molecule has 1 aliphatic rings. The smallest absolute Gasteiger partial charge is 0.222 e.